The van der Waals surface area contributed by atoms with Gasteiger partial charge in [-0.25, -0.2) is 0 Å². The smallest absolute Gasteiger partial charge is 0.0254 e. The molecule has 0 aromatic rings. The highest BCUT2D eigenvalue weighted by Gasteiger charge is 2.39. The van der Waals surface area contributed by atoms with Crippen LogP contribution in [0.25, 0.3) is 0 Å². The second kappa shape index (κ2) is 3.82. The molecule has 0 unspecified atom stereocenters. The molecule has 0 saturated carbocycles. The minimum Gasteiger partial charge on any atom is -0.302 e. The summed E-state index contributed by atoms with van der Waals surface area (Å²) in [5.74, 6) is 0.869. The third-order valence-electron chi connectivity index (χ3n) is 4.35. The monoisotopic (exact) mass is 196 g/mol. The Morgan fingerprint density at radius 3 is 2.43 bits per heavy atom. The van der Waals surface area contributed by atoms with Gasteiger partial charge >= 0.3 is 0 Å². The van der Waals surface area contributed by atoms with Gasteiger partial charge in [0.05, 0.1) is 0 Å². The van der Waals surface area contributed by atoms with Gasteiger partial charge in [-0.05, 0) is 46.2 Å². The number of fused-ring (bicyclic) bond motifs is 1. The second-order valence-electron chi connectivity index (χ2n) is 5.51. The minimum absolute atomic E-state index is 0.787. The van der Waals surface area contributed by atoms with Crippen LogP contribution in [0.5, 0.6) is 0 Å². The average Bonchev–Trinajstić information content (AvgIpc) is 2.12. The van der Waals surface area contributed by atoms with E-state index in [4.69, 9.17) is 0 Å². The van der Waals surface area contributed by atoms with Crippen LogP contribution >= 0.6 is 0 Å². The van der Waals surface area contributed by atoms with E-state index in [0.29, 0.717) is 0 Å². The third kappa shape index (κ3) is 1.70. The highest BCUT2D eigenvalue weighted by atomic mass is 15.3. The molecule has 0 bridgehead atoms. The maximum absolute atomic E-state index is 2.61. The Morgan fingerprint density at radius 1 is 1.00 bits per heavy atom. The molecule has 0 amide bonds. The predicted molar refractivity (Wildman–Crippen MR) is 60.4 cm³/mol. The van der Waals surface area contributed by atoms with Crippen LogP contribution in [0.3, 0.4) is 0 Å². The van der Waals surface area contributed by atoms with Crippen LogP contribution in [0, 0.1) is 5.92 Å². The standard InChI is InChI=1S/C12H24N2/c1-9-7-12-11(13(3)8-9)6-5-10(2)14(12)4/h9-12H,5-8H2,1-4H3/t9-,10+,11-,12-/m1/s1. The summed E-state index contributed by atoms with van der Waals surface area (Å²) in [6.07, 6.45) is 4.17. The van der Waals surface area contributed by atoms with Crippen molar-refractivity contribution < 1.29 is 0 Å². The zero-order valence-electron chi connectivity index (χ0n) is 10.0. The molecule has 4 atom stereocenters. The summed E-state index contributed by atoms with van der Waals surface area (Å²) in [6, 6.07) is 2.43. The normalized spacial score (nSPS) is 46.3. The van der Waals surface area contributed by atoms with Crippen LogP contribution in [-0.2, 0) is 0 Å². The molecule has 0 aromatic heterocycles. The van der Waals surface area contributed by atoms with Gasteiger partial charge in [0.15, 0.2) is 0 Å². The van der Waals surface area contributed by atoms with Crippen LogP contribution in [-0.4, -0.2) is 48.6 Å². The van der Waals surface area contributed by atoms with Crippen molar-refractivity contribution in [3.63, 3.8) is 0 Å². The quantitative estimate of drug-likeness (QED) is 0.583. The first kappa shape index (κ1) is 10.4. The molecule has 2 rings (SSSR count). The van der Waals surface area contributed by atoms with Gasteiger partial charge in [0.1, 0.15) is 0 Å². The summed E-state index contributed by atoms with van der Waals surface area (Å²) in [5.41, 5.74) is 0. The molecule has 0 radical (unpaired) electrons. The molecular weight excluding hydrogens is 172 g/mol. The SMILES string of the molecule is C[C@@H]1C[C@@H]2[C@@H](CC[C@H](C)N2C)N(C)C1. The first-order chi connectivity index (χ1) is 6.59. The first-order valence-corrected chi connectivity index (χ1v) is 6.01. The first-order valence-electron chi connectivity index (χ1n) is 6.01. The number of hydrogen-bond donors (Lipinski definition) is 0. The topological polar surface area (TPSA) is 6.48 Å². The van der Waals surface area contributed by atoms with Gasteiger partial charge in [0, 0.05) is 24.7 Å². The fourth-order valence-electron chi connectivity index (χ4n) is 3.36. The summed E-state index contributed by atoms with van der Waals surface area (Å²) in [7, 11) is 4.62. The highest BCUT2D eigenvalue weighted by Crippen LogP contribution is 2.32. The maximum Gasteiger partial charge on any atom is 0.0254 e. The van der Waals surface area contributed by atoms with Gasteiger partial charge in [-0.3, -0.25) is 4.90 Å². The predicted octanol–water partition coefficient (Wildman–Crippen LogP) is 1.81. The van der Waals surface area contributed by atoms with Crippen molar-refractivity contribution in [3.8, 4) is 0 Å². The van der Waals surface area contributed by atoms with Crippen LogP contribution in [0.2, 0.25) is 0 Å². The fourth-order valence-corrected chi connectivity index (χ4v) is 3.36. The van der Waals surface area contributed by atoms with Crippen molar-refractivity contribution in [2.75, 3.05) is 20.6 Å². The lowest BCUT2D eigenvalue weighted by molar-refractivity contribution is -0.0104. The molecule has 2 fully saturated rings. The van der Waals surface area contributed by atoms with Crippen molar-refractivity contribution >= 4 is 0 Å². The van der Waals surface area contributed by atoms with E-state index in [-0.39, 0.29) is 0 Å². The van der Waals surface area contributed by atoms with Gasteiger partial charge in [0.2, 0.25) is 0 Å². The van der Waals surface area contributed by atoms with E-state index in [2.05, 4.69) is 37.7 Å². The fraction of sp³-hybridized carbons (Fsp3) is 1.00. The third-order valence-corrected chi connectivity index (χ3v) is 4.35. The second-order valence-corrected chi connectivity index (χ2v) is 5.51. The van der Waals surface area contributed by atoms with Gasteiger partial charge < -0.3 is 4.90 Å². The molecule has 2 nitrogen and oxygen atoms in total. The van der Waals surface area contributed by atoms with Gasteiger partial charge in [-0.2, -0.15) is 0 Å². The van der Waals surface area contributed by atoms with Crippen molar-refractivity contribution in [1.29, 1.82) is 0 Å². The van der Waals surface area contributed by atoms with E-state index in [1.807, 2.05) is 0 Å². The number of nitrogens with zero attached hydrogens (tertiary/aromatic N) is 2. The van der Waals surface area contributed by atoms with E-state index in [0.717, 1.165) is 24.0 Å². The van der Waals surface area contributed by atoms with Crippen LogP contribution in [0.15, 0.2) is 0 Å². The van der Waals surface area contributed by atoms with Crippen LogP contribution in [0.1, 0.15) is 33.1 Å². The Morgan fingerprint density at radius 2 is 1.71 bits per heavy atom. The van der Waals surface area contributed by atoms with Gasteiger partial charge in [-0.1, -0.05) is 6.92 Å². The van der Waals surface area contributed by atoms with Crippen molar-refractivity contribution in [3.05, 3.63) is 0 Å². The number of likely N-dealkylation sites (N-methyl/N-ethyl adjacent to an activating group) is 2. The zero-order chi connectivity index (χ0) is 10.3. The van der Waals surface area contributed by atoms with E-state index in [1.54, 1.807) is 0 Å². The van der Waals surface area contributed by atoms with Crippen molar-refractivity contribution in [2.45, 2.75) is 51.2 Å². The molecule has 82 valence electrons. The lowest BCUT2D eigenvalue weighted by atomic mass is 9.82. The Hall–Kier alpha value is -0.0800. The summed E-state index contributed by atoms with van der Waals surface area (Å²) in [5, 5.41) is 0. The van der Waals surface area contributed by atoms with Crippen molar-refractivity contribution in [1.82, 2.24) is 9.80 Å². The molecular formula is C12H24N2. The van der Waals surface area contributed by atoms with Gasteiger partial charge in [-0.15, -0.1) is 0 Å². The molecule has 2 aliphatic heterocycles. The van der Waals surface area contributed by atoms with E-state index >= 15 is 0 Å². The lowest BCUT2D eigenvalue weighted by Crippen LogP contribution is -2.60. The molecule has 2 aliphatic rings. The molecule has 0 aromatic carbocycles. The largest absolute Gasteiger partial charge is 0.302 e. The lowest BCUT2D eigenvalue weighted by Gasteiger charge is -2.51. The molecule has 0 spiro atoms. The Bertz CT molecular complexity index is 204. The number of piperidine rings is 2. The number of rotatable bonds is 0. The van der Waals surface area contributed by atoms with Crippen LogP contribution in [0.4, 0.5) is 0 Å². The summed E-state index contributed by atoms with van der Waals surface area (Å²) < 4.78 is 0. The zero-order valence-corrected chi connectivity index (χ0v) is 10.0. The molecule has 0 N–H and O–H groups in total. The molecule has 14 heavy (non-hydrogen) atoms. The number of hydrogen-bond acceptors (Lipinski definition) is 2. The van der Waals surface area contributed by atoms with Crippen molar-refractivity contribution in [2.24, 2.45) is 5.92 Å². The molecule has 2 heteroatoms. The van der Waals surface area contributed by atoms with Crippen LogP contribution < -0.4 is 0 Å². The Balaban J connectivity index is 2.11. The Kier molecular flexibility index (Phi) is 2.85. The van der Waals surface area contributed by atoms with E-state index in [9.17, 15) is 0 Å². The van der Waals surface area contributed by atoms with E-state index in [1.165, 1.54) is 25.8 Å². The molecule has 2 heterocycles. The Labute approximate surface area is 88.3 Å². The summed E-state index contributed by atoms with van der Waals surface area (Å²) in [4.78, 5) is 5.20. The average molecular weight is 196 g/mol. The van der Waals surface area contributed by atoms with Gasteiger partial charge in [0.25, 0.3) is 0 Å². The number of likely N-dealkylation sites (tertiary alicyclic amines) is 2. The van der Waals surface area contributed by atoms with E-state index < -0.39 is 0 Å². The molecule has 2 saturated heterocycles. The minimum atomic E-state index is 0.787. The maximum atomic E-state index is 2.61. The highest BCUT2D eigenvalue weighted by molar-refractivity contribution is 4.95. The summed E-state index contributed by atoms with van der Waals surface area (Å²) in [6.45, 7) is 6.05. The summed E-state index contributed by atoms with van der Waals surface area (Å²) >= 11 is 0. The molecule has 0 aliphatic carbocycles.